The number of azo groups is 1. The summed E-state index contributed by atoms with van der Waals surface area (Å²) in [6.07, 6.45) is 1.04. The topological polar surface area (TPSA) is 106 Å². The largest absolute Gasteiger partial charge is 0.478 e. The molecule has 0 aliphatic heterocycles. The molecule has 0 unspecified atom stereocenters. The molecule has 0 fully saturated rings. The standard InChI is InChI=1S/C17H13FN4O4/c1-26-15(23)8-13-16(22-9-11(18)4-7-14(22)19-13)21-20-12-5-2-10(3-6-12)17(24)25/h2-7,9H,8H2,1H3,(H,24,25). The highest BCUT2D eigenvalue weighted by Gasteiger charge is 2.16. The molecule has 1 aromatic carbocycles. The first-order chi connectivity index (χ1) is 12.5. The summed E-state index contributed by atoms with van der Waals surface area (Å²) >= 11 is 0. The van der Waals surface area contributed by atoms with Crippen molar-refractivity contribution in [2.75, 3.05) is 7.11 Å². The Balaban J connectivity index is 2.01. The van der Waals surface area contributed by atoms with Crippen LogP contribution in [0.4, 0.5) is 15.9 Å². The number of hydrogen-bond donors (Lipinski definition) is 1. The Kier molecular flexibility index (Phi) is 4.70. The summed E-state index contributed by atoms with van der Waals surface area (Å²) in [7, 11) is 1.25. The number of halogens is 1. The molecule has 0 radical (unpaired) electrons. The van der Waals surface area contributed by atoms with Gasteiger partial charge in [-0.25, -0.2) is 14.2 Å². The number of ether oxygens (including phenoxy) is 1. The van der Waals surface area contributed by atoms with Gasteiger partial charge in [0, 0.05) is 6.20 Å². The van der Waals surface area contributed by atoms with E-state index in [4.69, 9.17) is 5.11 Å². The number of aromatic nitrogens is 2. The molecule has 0 atom stereocenters. The van der Waals surface area contributed by atoms with Gasteiger partial charge in [0.2, 0.25) is 0 Å². The maximum Gasteiger partial charge on any atom is 0.335 e. The van der Waals surface area contributed by atoms with Crippen LogP contribution in [0.1, 0.15) is 16.1 Å². The van der Waals surface area contributed by atoms with Crippen LogP contribution in [0.25, 0.3) is 5.65 Å². The van der Waals surface area contributed by atoms with E-state index in [1.54, 1.807) is 0 Å². The van der Waals surface area contributed by atoms with Gasteiger partial charge in [-0.1, -0.05) is 0 Å². The molecular formula is C17H13FN4O4. The molecule has 0 spiro atoms. The number of aromatic carboxylic acids is 1. The lowest BCUT2D eigenvalue weighted by Gasteiger charge is -1.99. The number of methoxy groups -OCH3 is 1. The lowest BCUT2D eigenvalue weighted by molar-refractivity contribution is -0.139. The number of carboxylic acids is 1. The predicted octanol–water partition coefficient (Wildman–Crippen LogP) is 3.30. The van der Waals surface area contributed by atoms with Crippen molar-refractivity contribution >= 4 is 29.1 Å². The molecular weight excluding hydrogens is 343 g/mol. The van der Waals surface area contributed by atoms with Crippen LogP contribution in [0.3, 0.4) is 0 Å². The summed E-state index contributed by atoms with van der Waals surface area (Å²) in [5, 5.41) is 17.0. The smallest absolute Gasteiger partial charge is 0.335 e. The van der Waals surface area contributed by atoms with Gasteiger partial charge in [-0.15, -0.1) is 10.2 Å². The zero-order valence-corrected chi connectivity index (χ0v) is 13.6. The zero-order chi connectivity index (χ0) is 18.7. The van der Waals surface area contributed by atoms with E-state index in [2.05, 4.69) is 19.9 Å². The number of nitrogens with zero attached hydrogens (tertiary/aromatic N) is 4. The van der Waals surface area contributed by atoms with E-state index in [0.717, 1.165) is 0 Å². The van der Waals surface area contributed by atoms with Crippen LogP contribution in [0.15, 0.2) is 52.8 Å². The minimum absolute atomic E-state index is 0.118. The number of esters is 1. The van der Waals surface area contributed by atoms with Gasteiger partial charge in [-0.05, 0) is 36.4 Å². The first-order valence-corrected chi connectivity index (χ1v) is 7.46. The van der Waals surface area contributed by atoms with Crippen LogP contribution in [0.2, 0.25) is 0 Å². The van der Waals surface area contributed by atoms with Gasteiger partial charge in [0.15, 0.2) is 5.82 Å². The summed E-state index contributed by atoms with van der Waals surface area (Å²) in [6, 6.07) is 8.44. The number of benzene rings is 1. The second-order valence-corrected chi connectivity index (χ2v) is 5.26. The van der Waals surface area contributed by atoms with E-state index < -0.39 is 17.8 Å². The number of carboxylic acid groups (broad SMARTS) is 1. The van der Waals surface area contributed by atoms with Crippen molar-refractivity contribution in [2.24, 2.45) is 10.2 Å². The Morgan fingerprint density at radius 1 is 1.19 bits per heavy atom. The number of carbonyl (C=O) groups excluding carboxylic acids is 1. The van der Waals surface area contributed by atoms with E-state index in [1.165, 1.54) is 54.1 Å². The molecule has 2 heterocycles. The lowest BCUT2D eigenvalue weighted by atomic mass is 10.2. The van der Waals surface area contributed by atoms with Crippen molar-refractivity contribution in [1.82, 2.24) is 9.38 Å². The summed E-state index contributed by atoms with van der Waals surface area (Å²) in [5.41, 5.74) is 1.20. The number of imidazole rings is 1. The van der Waals surface area contributed by atoms with Gasteiger partial charge < -0.3 is 9.84 Å². The second-order valence-electron chi connectivity index (χ2n) is 5.26. The Hall–Kier alpha value is -3.62. The molecule has 2 aromatic heterocycles. The fourth-order valence-electron chi connectivity index (χ4n) is 2.26. The van der Waals surface area contributed by atoms with E-state index >= 15 is 0 Å². The van der Waals surface area contributed by atoms with Gasteiger partial charge in [-0.2, -0.15) is 0 Å². The summed E-state index contributed by atoms with van der Waals surface area (Å²) in [6.45, 7) is 0. The maximum atomic E-state index is 13.6. The molecule has 0 aliphatic carbocycles. The third-order valence-electron chi connectivity index (χ3n) is 3.54. The van der Waals surface area contributed by atoms with Crippen molar-refractivity contribution in [2.45, 2.75) is 6.42 Å². The number of fused-ring (bicyclic) bond motifs is 1. The quantitative estimate of drug-likeness (QED) is 0.558. The minimum Gasteiger partial charge on any atom is -0.478 e. The average Bonchev–Trinajstić information content (AvgIpc) is 2.96. The van der Waals surface area contributed by atoms with E-state index in [0.29, 0.717) is 11.3 Å². The highest BCUT2D eigenvalue weighted by molar-refractivity contribution is 5.87. The first kappa shape index (κ1) is 17.2. The molecule has 132 valence electrons. The van der Waals surface area contributed by atoms with Crippen LogP contribution in [0, 0.1) is 5.82 Å². The van der Waals surface area contributed by atoms with Crippen LogP contribution < -0.4 is 0 Å². The molecule has 3 rings (SSSR count). The summed E-state index contributed by atoms with van der Waals surface area (Å²) < 4.78 is 19.6. The second kappa shape index (κ2) is 7.09. The van der Waals surface area contributed by atoms with E-state index in [-0.39, 0.29) is 23.5 Å². The highest BCUT2D eigenvalue weighted by Crippen LogP contribution is 2.25. The highest BCUT2D eigenvalue weighted by atomic mass is 19.1. The Bertz CT molecular complexity index is 1010. The number of carbonyl (C=O) groups is 2. The first-order valence-electron chi connectivity index (χ1n) is 7.46. The normalized spacial score (nSPS) is 11.2. The van der Waals surface area contributed by atoms with Crippen LogP contribution >= 0.6 is 0 Å². The predicted molar refractivity (Wildman–Crippen MR) is 88.4 cm³/mol. The van der Waals surface area contributed by atoms with Gasteiger partial charge >= 0.3 is 11.9 Å². The van der Waals surface area contributed by atoms with Crippen LogP contribution in [-0.4, -0.2) is 33.5 Å². The number of rotatable bonds is 5. The van der Waals surface area contributed by atoms with E-state index in [9.17, 15) is 14.0 Å². The number of pyridine rings is 1. The SMILES string of the molecule is COC(=O)Cc1nc2ccc(F)cn2c1N=Nc1ccc(C(=O)O)cc1. The molecule has 0 saturated heterocycles. The third-order valence-corrected chi connectivity index (χ3v) is 3.54. The molecule has 0 bridgehead atoms. The number of hydrogen-bond acceptors (Lipinski definition) is 6. The monoisotopic (exact) mass is 356 g/mol. The van der Waals surface area contributed by atoms with Crippen molar-refractivity contribution in [3.8, 4) is 0 Å². The molecule has 1 N–H and O–H groups in total. The third kappa shape index (κ3) is 3.56. The summed E-state index contributed by atoms with van der Waals surface area (Å²) in [5.74, 6) is -1.88. The van der Waals surface area contributed by atoms with Crippen molar-refractivity contribution in [1.29, 1.82) is 0 Å². The Labute approximate surface area is 146 Å². The van der Waals surface area contributed by atoms with E-state index in [1.807, 2.05) is 0 Å². The van der Waals surface area contributed by atoms with Gasteiger partial charge in [0.05, 0.1) is 30.5 Å². The summed E-state index contributed by atoms with van der Waals surface area (Å²) in [4.78, 5) is 26.7. The minimum atomic E-state index is -1.05. The lowest BCUT2D eigenvalue weighted by Crippen LogP contribution is -2.04. The molecule has 0 amide bonds. The van der Waals surface area contributed by atoms with Crippen molar-refractivity contribution in [3.63, 3.8) is 0 Å². The molecule has 8 nitrogen and oxygen atoms in total. The Morgan fingerprint density at radius 3 is 2.58 bits per heavy atom. The average molecular weight is 356 g/mol. The van der Waals surface area contributed by atoms with Gasteiger partial charge in [0.1, 0.15) is 11.5 Å². The molecule has 0 saturated carbocycles. The zero-order valence-electron chi connectivity index (χ0n) is 13.6. The molecule has 9 heteroatoms. The molecule has 0 aliphatic rings. The maximum absolute atomic E-state index is 13.6. The Morgan fingerprint density at radius 2 is 1.92 bits per heavy atom. The fourth-order valence-corrected chi connectivity index (χ4v) is 2.26. The fraction of sp³-hybridized carbons (Fsp3) is 0.118. The van der Waals surface area contributed by atoms with Gasteiger partial charge in [-0.3, -0.25) is 9.20 Å². The van der Waals surface area contributed by atoms with Crippen molar-refractivity contribution < 1.29 is 23.8 Å². The van der Waals surface area contributed by atoms with Crippen LogP contribution in [0.5, 0.6) is 0 Å². The van der Waals surface area contributed by atoms with Gasteiger partial charge in [0.25, 0.3) is 0 Å². The van der Waals surface area contributed by atoms with Crippen LogP contribution in [-0.2, 0) is 16.0 Å². The molecule has 26 heavy (non-hydrogen) atoms. The molecule has 3 aromatic rings. The van der Waals surface area contributed by atoms with Crippen molar-refractivity contribution in [3.05, 3.63) is 59.7 Å².